The number of nitrogens with one attached hydrogen (secondary N) is 2. The Bertz CT molecular complexity index is 817. The first-order chi connectivity index (χ1) is 12.4. The monoisotopic (exact) mass is 431 g/mol. The molecule has 138 valence electrons. The van der Waals surface area contributed by atoms with Gasteiger partial charge in [0.15, 0.2) is 0 Å². The van der Waals surface area contributed by atoms with Crippen molar-refractivity contribution in [3.05, 3.63) is 49.1 Å². The van der Waals surface area contributed by atoms with Crippen LogP contribution in [0.2, 0.25) is 15.1 Å². The predicted molar refractivity (Wildman–Crippen MR) is 106 cm³/mol. The summed E-state index contributed by atoms with van der Waals surface area (Å²) in [6.45, 7) is 1.32. The van der Waals surface area contributed by atoms with Crippen LogP contribution in [0.15, 0.2) is 23.6 Å². The van der Waals surface area contributed by atoms with Crippen LogP contribution in [0, 0.1) is 0 Å². The van der Waals surface area contributed by atoms with Gasteiger partial charge < -0.3 is 4.90 Å². The van der Waals surface area contributed by atoms with Crippen molar-refractivity contribution in [1.29, 1.82) is 0 Å². The molecule has 2 aromatic rings. The number of halogens is 3. The lowest BCUT2D eigenvalue weighted by atomic mass is 10.1. The molecule has 0 saturated heterocycles. The van der Waals surface area contributed by atoms with Crippen LogP contribution in [-0.4, -0.2) is 23.3 Å². The number of nitrogens with zero attached hydrogens (tertiary/aromatic N) is 1. The second-order valence-corrected chi connectivity index (χ2v) is 8.10. The van der Waals surface area contributed by atoms with Gasteiger partial charge in [-0.25, -0.2) is 0 Å². The maximum atomic E-state index is 12.3. The van der Waals surface area contributed by atoms with E-state index in [1.54, 1.807) is 16.2 Å². The molecule has 2 amide bonds. The van der Waals surface area contributed by atoms with Gasteiger partial charge in [-0.2, -0.15) is 0 Å². The first-order valence-electron chi connectivity index (χ1n) is 7.96. The van der Waals surface area contributed by atoms with E-state index in [0.717, 1.165) is 6.42 Å². The topological polar surface area (TPSA) is 61.4 Å². The van der Waals surface area contributed by atoms with Gasteiger partial charge >= 0.3 is 0 Å². The van der Waals surface area contributed by atoms with Crippen molar-refractivity contribution in [2.75, 3.05) is 12.0 Å². The lowest BCUT2D eigenvalue weighted by Crippen LogP contribution is -2.36. The number of anilines is 1. The minimum absolute atomic E-state index is 0.0282. The zero-order chi connectivity index (χ0) is 18.7. The number of benzene rings is 1. The Morgan fingerprint density at radius 1 is 1.15 bits per heavy atom. The van der Waals surface area contributed by atoms with Crippen LogP contribution in [0.3, 0.4) is 0 Å². The summed E-state index contributed by atoms with van der Waals surface area (Å²) in [6.07, 6.45) is 1.09. The molecular formula is C17H16Cl3N3O2S. The van der Waals surface area contributed by atoms with Crippen LogP contribution in [0.5, 0.6) is 0 Å². The van der Waals surface area contributed by atoms with Crippen LogP contribution < -0.4 is 10.9 Å². The molecule has 0 bridgehead atoms. The minimum atomic E-state index is -0.325. The summed E-state index contributed by atoms with van der Waals surface area (Å²) in [5.41, 5.74) is 6.74. The van der Waals surface area contributed by atoms with Gasteiger partial charge in [-0.1, -0.05) is 34.8 Å². The highest BCUT2D eigenvalue weighted by atomic mass is 35.5. The van der Waals surface area contributed by atoms with Gasteiger partial charge in [-0.3, -0.25) is 20.4 Å². The van der Waals surface area contributed by atoms with E-state index in [1.807, 2.05) is 5.38 Å². The second kappa shape index (κ2) is 8.48. The highest BCUT2D eigenvalue weighted by Crippen LogP contribution is 2.33. The molecule has 0 radical (unpaired) electrons. The molecule has 5 nitrogen and oxygen atoms in total. The van der Waals surface area contributed by atoms with Crippen molar-refractivity contribution < 1.29 is 9.59 Å². The number of amides is 2. The summed E-state index contributed by atoms with van der Waals surface area (Å²) >= 11 is 19.6. The van der Waals surface area contributed by atoms with Gasteiger partial charge in [0, 0.05) is 35.8 Å². The lowest BCUT2D eigenvalue weighted by molar-refractivity contribution is -0.134. The molecule has 1 aromatic carbocycles. The molecule has 9 heteroatoms. The number of rotatable bonds is 5. The molecule has 0 fully saturated rings. The van der Waals surface area contributed by atoms with Crippen molar-refractivity contribution >= 4 is 63.6 Å². The number of hydrogen-bond acceptors (Lipinski definition) is 4. The molecule has 2 heterocycles. The summed E-state index contributed by atoms with van der Waals surface area (Å²) in [6, 6.07) is 5.08. The van der Waals surface area contributed by atoms with Crippen molar-refractivity contribution in [2.45, 2.75) is 25.8 Å². The van der Waals surface area contributed by atoms with Crippen molar-refractivity contribution in [3.8, 4) is 0 Å². The second-order valence-electron chi connectivity index (χ2n) is 5.85. The zero-order valence-electron chi connectivity index (χ0n) is 13.7. The van der Waals surface area contributed by atoms with Gasteiger partial charge in [0.25, 0.3) is 0 Å². The first kappa shape index (κ1) is 19.3. The molecule has 1 aliphatic heterocycles. The van der Waals surface area contributed by atoms with Gasteiger partial charge in [0.2, 0.25) is 11.8 Å². The number of carbonyl (C=O) groups is 2. The fraction of sp³-hybridized carbons (Fsp3) is 0.294. The van der Waals surface area contributed by atoms with E-state index in [4.69, 9.17) is 34.8 Å². The van der Waals surface area contributed by atoms with Crippen LogP contribution >= 0.6 is 46.1 Å². The summed E-state index contributed by atoms with van der Waals surface area (Å²) in [4.78, 5) is 27.5. The highest BCUT2D eigenvalue weighted by Gasteiger charge is 2.21. The largest absolute Gasteiger partial charge is 0.338 e. The molecule has 0 saturated carbocycles. The van der Waals surface area contributed by atoms with Gasteiger partial charge in [-0.15, -0.1) is 11.3 Å². The maximum Gasteiger partial charge on any atom is 0.238 e. The molecule has 0 spiro atoms. The number of carbonyl (C=O) groups excluding carboxylic acids is 2. The maximum absolute atomic E-state index is 12.3. The number of thiophene rings is 1. The minimum Gasteiger partial charge on any atom is -0.338 e. The molecule has 2 N–H and O–H groups in total. The van der Waals surface area contributed by atoms with Crippen LogP contribution in [0.25, 0.3) is 0 Å². The van der Waals surface area contributed by atoms with E-state index < -0.39 is 0 Å². The Kier molecular flexibility index (Phi) is 6.29. The Morgan fingerprint density at radius 2 is 1.88 bits per heavy atom. The molecule has 1 aromatic heterocycles. The van der Waals surface area contributed by atoms with E-state index >= 15 is 0 Å². The molecule has 1 aliphatic rings. The van der Waals surface area contributed by atoms with Gasteiger partial charge in [0.1, 0.15) is 0 Å². The van der Waals surface area contributed by atoms with E-state index in [1.165, 1.54) is 22.6 Å². The summed E-state index contributed by atoms with van der Waals surface area (Å²) < 4.78 is 0. The summed E-state index contributed by atoms with van der Waals surface area (Å²) in [7, 11) is 0. The van der Waals surface area contributed by atoms with E-state index in [-0.39, 0.29) is 24.7 Å². The third-order valence-electron chi connectivity index (χ3n) is 4.06. The Hall–Kier alpha value is -1.47. The van der Waals surface area contributed by atoms with Crippen molar-refractivity contribution in [2.24, 2.45) is 0 Å². The molecule has 0 aliphatic carbocycles. The number of fused-ring (bicyclic) bond motifs is 1. The number of hydrogen-bond donors (Lipinski definition) is 2. The van der Waals surface area contributed by atoms with Crippen LogP contribution in [0.4, 0.5) is 5.69 Å². The average molecular weight is 433 g/mol. The summed E-state index contributed by atoms with van der Waals surface area (Å²) in [5, 5.41) is 3.03. The fourth-order valence-electron chi connectivity index (χ4n) is 2.70. The van der Waals surface area contributed by atoms with Gasteiger partial charge in [-0.05, 0) is 35.6 Å². The Labute approximate surface area is 170 Å². The average Bonchev–Trinajstić information content (AvgIpc) is 3.06. The van der Waals surface area contributed by atoms with E-state index in [9.17, 15) is 9.59 Å². The third-order valence-corrected chi connectivity index (χ3v) is 5.90. The Balaban J connectivity index is 1.47. The normalized spacial score (nSPS) is 13.3. The number of hydrazine groups is 1. The zero-order valence-corrected chi connectivity index (χ0v) is 16.7. The molecule has 0 atom stereocenters. The summed E-state index contributed by atoms with van der Waals surface area (Å²) in [5.74, 6) is -0.353. The van der Waals surface area contributed by atoms with Crippen LogP contribution in [-0.2, 0) is 22.6 Å². The smallest absolute Gasteiger partial charge is 0.238 e. The quantitative estimate of drug-likeness (QED) is 0.683. The fourth-order valence-corrected chi connectivity index (χ4v) is 4.50. The molecule has 0 unspecified atom stereocenters. The molecule has 26 heavy (non-hydrogen) atoms. The highest BCUT2D eigenvalue weighted by molar-refractivity contribution is 7.10. The lowest BCUT2D eigenvalue weighted by Gasteiger charge is -2.27. The van der Waals surface area contributed by atoms with Crippen molar-refractivity contribution in [3.63, 3.8) is 0 Å². The predicted octanol–water partition coefficient (Wildman–Crippen LogP) is 4.52. The standard InChI is InChI=1S/C17H16Cl3N3O2S/c18-11-7-12(19)17(13(20)8-11)22-21-15(24)1-2-16(25)23-5-3-14-10(9-23)4-6-26-14/h4,6-8,22H,1-3,5,9H2,(H,21,24). The SMILES string of the molecule is O=C(CCC(=O)N1CCc2sccc2C1)NNc1c(Cl)cc(Cl)cc1Cl. The Morgan fingerprint density at radius 3 is 2.62 bits per heavy atom. The third kappa shape index (κ3) is 4.62. The van der Waals surface area contributed by atoms with E-state index in [0.29, 0.717) is 33.8 Å². The van der Waals surface area contributed by atoms with E-state index in [2.05, 4.69) is 16.9 Å². The molecule has 3 rings (SSSR count). The van der Waals surface area contributed by atoms with Gasteiger partial charge in [0.05, 0.1) is 15.7 Å². The van der Waals surface area contributed by atoms with Crippen molar-refractivity contribution in [1.82, 2.24) is 10.3 Å². The molecular weight excluding hydrogens is 417 g/mol. The van der Waals surface area contributed by atoms with Crippen LogP contribution in [0.1, 0.15) is 23.3 Å². The first-order valence-corrected chi connectivity index (χ1v) is 9.98.